The normalized spacial score (nSPS) is 15.0. The number of halogens is 1. The molecule has 5 nitrogen and oxygen atoms in total. The van der Waals surface area contributed by atoms with Gasteiger partial charge in [0.05, 0.1) is 0 Å². The highest BCUT2D eigenvalue weighted by Gasteiger charge is 2.23. The standard InChI is InChI=1S/C18H22N4O.ClH/c1-14-2-3-16(19)12-17(14)18(23)22-10-8-21(9-11-22)13-15-4-6-20-7-5-15;/h2-7,12H,8-11,13,19H2,1H3;1H. The van der Waals surface area contributed by atoms with Gasteiger partial charge in [-0.3, -0.25) is 14.7 Å². The van der Waals surface area contributed by atoms with E-state index in [9.17, 15) is 4.79 Å². The van der Waals surface area contributed by atoms with Crippen LogP contribution >= 0.6 is 12.4 Å². The molecule has 128 valence electrons. The molecule has 1 aromatic heterocycles. The average Bonchev–Trinajstić information content (AvgIpc) is 2.58. The van der Waals surface area contributed by atoms with E-state index in [1.807, 2.05) is 48.5 Å². The Balaban J connectivity index is 0.00000208. The number of aryl methyl sites for hydroxylation is 1. The van der Waals surface area contributed by atoms with Crippen LogP contribution in [0.3, 0.4) is 0 Å². The maximum absolute atomic E-state index is 12.7. The van der Waals surface area contributed by atoms with Gasteiger partial charge in [-0.2, -0.15) is 0 Å². The first-order valence-electron chi connectivity index (χ1n) is 7.90. The van der Waals surface area contributed by atoms with Gasteiger partial charge in [-0.1, -0.05) is 6.07 Å². The highest BCUT2D eigenvalue weighted by molar-refractivity contribution is 5.96. The van der Waals surface area contributed by atoms with Crippen LogP contribution < -0.4 is 5.73 Å². The van der Waals surface area contributed by atoms with Crippen LogP contribution in [0.15, 0.2) is 42.7 Å². The van der Waals surface area contributed by atoms with Crippen LogP contribution in [0.2, 0.25) is 0 Å². The van der Waals surface area contributed by atoms with Crippen LogP contribution in [-0.4, -0.2) is 46.9 Å². The van der Waals surface area contributed by atoms with Crippen molar-refractivity contribution in [1.82, 2.24) is 14.8 Å². The Morgan fingerprint density at radius 2 is 1.79 bits per heavy atom. The fraction of sp³-hybridized carbons (Fsp3) is 0.333. The highest BCUT2D eigenvalue weighted by atomic mass is 35.5. The summed E-state index contributed by atoms with van der Waals surface area (Å²) < 4.78 is 0. The van der Waals surface area contributed by atoms with Crippen molar-refractivity contribution in [2.75, 3.05) is 31.9 Å². The van der Waals surface area contributed by atoms with E-state index >= 15 is 0 Å². The predicted molar refractivity (Wildman–Crippen MR) is 98.3 cm³/mol. The zero-order chi connectivity index (χ0) is 16.2. The second-order valence-corrected chi connectivity index (χ2v) is 6.00. The number of carbonyl (C=O) groups is 1. The SMILES string of the molecule is Cc1ccc(N)cc1C(=O)N1CCN(Cc2ccncc2)CC1.Cl. The number of hydrogen-bond donors (Lipinski definition) is 1. The van der Waals surface area contributed by atoms with Gasteiger partial charge in [-0.15, -0.1) is 12.4 Å². The summed E-state index contributed by atoms with van der Waals surface area (Å²) in [7, 11) is 0. The summed E-state index contributed by atoms with van der Waals surface area (Å²) in [6.07, 6.45) is 3.63. The molecule has 3 rings (SSSR count). The number of amides is 1. The Kier molecular flexibility index (Phi) is 6.17. The molecule has 0 atom stereocenters. The number of nitrogens with two attached hydrogens (primary N) is 1. The molecule has 1 amide bonds. The molecule has 1 fully saturated rings. The van der Waals surface area contributed by atoms with Gasteiger partial charge in [0.1, 0.15) is 0 Å². The third-order valence-electron chi connectivity index (χ3n) is 4.31. The summed E-state index contributed by atoms with van der Waals surface area (Å²) in [5, 5.41) is 0. The molecule has 2 heterocycles. The summed E-state index contributed by atoms with van der Waals surface area (Å²) in [5.41, 5.74) is 9.40. The predicted octanol–water partition coefficient (Wildman–Crippen LogP) is 2.35. The third-order valence-corrected chi connectivity index (χ3v) is 4.31. The van der Waals surface area contributed by atoms with E-state index in [0.29, 0.717) is 11.3 Å². The Bertz CT molecular complexity index is 685. The second kappa shape index (κ2) is 8.13. The van der Waals surface area contributed by atoms with Crippen molar-refractivity contribution in [1.29, 1.82) is 0 Å². The molecule has 2 N–H and O–H groups in total. The second-order valence-electron chi connectivity index (χ2n) is 6.00. The number of piperazine rings is 1. The van der Waals surface area contributed by atoms with Crippen molar-refractivity contribution < 1.29 is 4.79 Å². The lowest BCUT2D eigenvalue weighted by atomic mass is 10.1. The smallest absolute Gasteiger partial charge is 0.254 e. The zero-order valence-electron chi connectivity index (χ0n) is 13.8. The summed E-state index contributed by atoms with van der Waals surface area (Å²) in [6, 6.07) is 9.59. The third kappa shape index (κ3) is 4.24. The van der Waals surface area contributed by atoms with E-state index in [4.69, 9.17) is 5.73 Å². The van der Waals surface area contributed by atoms with Crippen LogP contribution in [0.1, 0.15) is 21.5 Å². The molecule has 1 aliphatic heterocycles. The molecule has 24 heavy (non-hydrogen) atoms. The summed E-state index contributed by atoms with van der Waals surface area (Å²) >= 11 is 0. The Morgan fingerprint density at radius 3 is 2.46 bits per heavy atom. The lowest BCUT2D eigenvalue weighted by Crippen LogP contribution is -2.48. The number of rotatable bonds is 3. The molecule has 2 aromatic rings. The van der Waals surface area contributed by atoms with Gasteiger partial charge in [-0.25, -0.2) is 0 Å². The van der Waals surface area contributed by atoms with E-state index in [-0.39, 0.29) is 18.3 Å². The van der Waals surface area contributed by atoms with Gasteiger partial charge in [0, 0.05) is 56.4 Å². The van der Waals surface area contributed by atoms with Gasteiger partial charge >= 0.3 is 0 Å². The lowest BCUT2D eigenvalue weighted by molar-refractivity contribution is 0.0628. The largest absolute Gasteiger partial charge is 0.399 e. The van der Waals surface area contributed by atoms with E-state index < -0.39 is 0 Å². The van der Waals surface area contributed by atoms with Crippen molar-refractivity contribution in [2.24, 2.45) is 0 Å². The van der Waals surface area contributed by atoms with Crippen molar-refractivity contribution in [3.8, 4) is 0 Å². The van der Waals surface area contributed by atoms with Gasteiger partial charge in [0.15, 0.2) is 0 Å². The Hall–Kier alpha value is -2.11. The van der Waals surface area contributed by atoms with Gasteiger partial charge < -0.3 is 10.6 Å². The van der Waals surface area contributed by atoms with Crippen LogP contribution in [0.5, 0.6) is 0 Å². The minimum atomic E-state index is 0. The molecule has 1 aliphatic rings. The highest BCUT2D eigenvalue weighted by Crippen LogP contribution is 2.17. The summed E-state index contributed by atoms with van der Waals surface area (Å²) in [5.74, 6) is 0.0818. The lowest BCUT2D eigenvalue weighted by Gasteiger charge is -2.35. The number of carbonyl (C=O) groups excluding carboxylic acids is 1. The monoisotopic (exact) mass is 346 g/mol. The number of pyridine rings is 1. The quantitative estimate of drug-likeness (QED) is 0.866. The molecule has 0 aliphatic carbocycles. The van der Waals surface area contributed by atoms with E-state index in [2.05, 4.69) is 9.88 Å². The van der Waals surface area contributed by atoms with Crippen LogP contribution in [0.4, 0.5) is 5.69 Å². The number of hydrogen-bond acceptors (Lipinski definition) is 4. The molecule has 0 bridgehead atoms. The number of aromatic nitrogens is 1. The Morgan fingerprint density at radius 1 is 1.12 bits per heavy atom. The number of nitrogen functional groups attached to an aromatic ring is 1. The average molecular weight is 347 g/mol. The fourth-order valence-corrected chi connectivity index (χ4v) is 2.90. The molecular formula is C18H23ClN4O. The molecule has 0 radical (unpaired) electrons. The van der Waals surface area contributed by atoms with Gasteiger partial charge in [-0.05, 0) is 42.3 Å². The molecule has 0 saturated carbocycles. The first kappa shape index (κ1) is 18.2. The van der Waals surface area contributed by atoms with Crippen molar-refractivity contribution >= 4 is 24.0 Å². The van der Waals surface area contributed by atoms with Crippen LogP contribution in [-0.2, 0) is 6.54 Å². The zero-order valence-corrected chi connectivity index (χ0v) is 14.6. The van der Waals surface area contributed by atoms with E-state index in [0.717, 1.165) is 38.3 Å². The molecule has 1 saturated heterocycles. The van der Waals surface area contributed by atoms with Crippen molar-refractivity contribution in [2.45, 2.75) is 13.5 Å². The van der Waals surface area contributed by atoms with Crippen molar-refractivity contribution in [3.05, 3.63) is 59.4 Å². The maximum Gasteiger partial charge on any atom is 0.254 e. The molecule has 0 unspecified atom stereocenters. The number of anilines is 1. The first-order valence-corrected chi connectivity index (χ1v) is 7.90. The van der Waals surface area contributed by atoms with Crippen LogP contribution in [0, 0.1) is 6.92 Å². The topological polar surface area (TPSA) is 62.5 Å². The molecule has 0 spiro atoms. The maximum atomic E-state index is 12.7. The van der Waals surface area contributed by atoms with Crippen LogP contribution in [0.25, 0.3) is 0 Å². The van der Waals surface area contributed by atoms with E-state index in [1.165, 1.54) is 5.56 Å². The summed E-state index contributed by atoms with van der Waals surface area (Å²) in [4.78, 5) is 21.0. The van der Waals surface area contributed by atoms with Crippen molar-refractivity contribution in [3.63, 3.8) is 0 Å². The van der Waals surface area contributed by atoms with Gasteiger partial charge in [0.2, 0.25) is 0 Å². The minimum absolute atomic E-state index is 0. The molecular weight excluding hydrogens is 324 g/mol. The number of benzene rings is 1. The Labute approximate surface area is 148 Å². The summed E-state index contributed by atoms with van der Waals surface area (Å²) in [6.45, 7) is 6.12. The molecule has 1 aromatic carbocycles. The number of nitrogens with zero attached hydrogens (tertiary/aromatic N) is 3. The fourth-order valence-electron chi connectivity index (χ4n) is 2.90. The molecule has 6 heteroatoms. The van der Waals surface area contributed by atoms with E-state index in [1.54, 1.807) is 6.07 Å². The van der Waals surface area contributed by atoms with Gasteiger partial charge in [0.25, 0.3) is 5.91 Å². The first-order chi connectivity index (χ1) is 11.1. The minimum Gasteiger partial charge on any atom is -0.399 e.